The quantitative estimate of drug-likeness (QED) is 0.585. The summed E-state index contributed by atoms with van der Waals surface area (Å²) in [5.41, 5.74) is 0.958. The van der Waals surface area contributed by atoms with E-state index in [-0.39, 0.29) is 9.68 Å². The first-order valence-electron chi connectivity index (χ1n) is 3.87. The van der Waals surface area contributed by atoms with Gasteiger partial charge in [0.25, 0.3) is 0 Å². The van der Waals surface area contributed by atoms with Crippen molar-refractivity contribution in [1.29, 1.82) is 0 Å². The van der Waals surface area contributed by atoms with Crippen molar-refractivity contribution in [2.45, 2.75) is 32.7 Å². The van der Waals surface area contributed by atoms with Crippen LogP contribution in [0.1, 0.15) is 27.2 Å². The van der Waals surface area contributed by atoms with Gasteiger partial charge in [0.1, 0.15) is 0 Å². The van der Waals surface area contributed by atoms with Crippen LogP contribution < -0.4 is 4.98 Å². The summed E-state index contributed by atoms with van der Waals surface area (Å²) in [5, 5.41) is 0. The van der Waals surface area contributed by atoms with Crippen LogP contribution in [0.3, 0.4) is 0 Å². The summed E-state index contributed by atoms with van der Waals surface area (Å²) in [6.45, 7) is 6.97. The highest BCUT2D eigenvalue weighted by Gasteiger charge is 2.08. The second-order valence-corrected chi connectivity index (χ2v) is 5.32. The van der Waals surface area contributed by atoms with Gasteiger partial charge in [0.2, 0.25) is 0 Å². The van der Waals surface area contributed by atoms with Gasteiger partial charge in [-0.1, -0.05) is 27.2 Å². The molecular formula is C7H19NSi. The van der Waals surface area contributed by atoms with Crippen LogP contribution in [0, 0.1) is 5.92 Å². The van der Waals surface area contributed by atoms with Crippen LogP contribution in [0.25, 0.3) is 0 Å². The second kappa shape index (κ2) is 5.00. The standard InChI is InChI=1S/C7H19NSi/c1-5-6(2)7(3)9-8-4/h6-8H,5,9H2,1-4H3. The Kier molecular flexibility index (Phi) is 5.10. The Hall–Kier alpha value is 0.177. The van der Waals surface area contributed by atoms with E-state index in [0.29, 0.717) is 0 Å². The van der Waals surface area contributed by atoms with E-state index >= 15 is 0 Å². The Balaban J connectivity index is 3.32. The minimum absolute atomic E-state index is 0.0376. The molecule has 2 unspecified atom stereocenters. The summed E-state index contributed by atoms with van der Waals surface area (Å²) in [4.78, 5) is 3.32. The van der Waals surface area contributed by atoms with Crippen LogP contribution in [0.5, 0.6) is 0 Å². The molecule has 0 aliphatic carbocycles. The molecule has 2 heteroatoms. The normalized spacial score (nSPS) is 18.7. The zero-order valence-electron chi connectivity index (χ0n) is 7.07. The predicted octanol–water partition coefficient (Wildman–Crippen LogP) is 1.14. The average molecular weight is 145 g/mol. The predicted molar refractivity (Wildman–Crippen MR) is 46.5 cm³/mol. The molecule has 0 saturated carbocycles. The molecule has 56 valence electrons. The first-order chi connectivity index (χ1) is 4.22. The zero-order chi connectivity index (χ0) is 7.28. The summed E-state index contributed by atoms with van der Waals surface area (Å²) in [6.07, 6.45) is 1.33. The molecule has 0 bridgehead atoms. The van der Waals surface area contributed by atoms with Crippen LogP contribution in [-0.2, 0) is 0 Å². The third-order valence-electron chi connectivity index (χ3n) is 2.14. The SMILES string of the molecule is CCC(C)C(C)[SiH2]NC. The molecule has 0 fully saturated rings. The third kappa shape index (κ3) is 3.70. The number of hydrogen-bond acceptors (Lipinski definition) is 1. The van der Waals surface area contributed by atoms with Gasteiger partial charge >= 0.3 is 0 Å². The summed E-state index contributed by atoms with van der Waals surface area (Å²) in [7, 11) is 2.11. The molecule has 0 heterocycles. The van der Waals surface area contributed by atoms with E-state index < -0.39 is 0 Å². The van der Waals surface area contributed by atoms with Crippen molar-refractivity contribution in [2.24, 2.45) is 5.92 Å². The van der Waals surface area contributed by atoms with Gasteiger partial charge in [-0.2, -0.15) is 0 Å². The summed E-state index contributed by atoms with van der Waals surface area (Å²) in [6, 6.07) is 0. The van der Waals surface area contributed by atoms with Crippen LogP contribution >= 0.6 is 0 Å². The topological polar surface area (TPSA) is 12.0 Å². The highest BCUT2D eigenvalue weighted by atomic mass is 28.2. The largest absolute Gasteiger partial charge is 0.345 e. The fourth-order valence-corrected chi connectivity index (χ4v) is 2.31. The molecule has 0 radical (unpaired) electrons. The fraction of sp³-hybridized carbons (Fsp3) is 1.00. The van der Waals surface area contributed by atoms with Gasteiger partial charge in [-0.25, -0.2) is 0 Å². The summed E-state index contributed by atoms with van der Waals surface area (Å²) >= 11 is 0. The summed E-state index contributed by atoms with van der Waals surface area (Å²) < 4.78 is 0. The van der Waals surface area contributed by atoms with Crippen molar-refractivity contribution in [3.63, 3.8) is 0 Å². The Bertz CT molecular complexity index is 65.9. The first-order valence-corrected chi connectivity index (χ1v) is 5.39. The van der Waals surface area contributed by atoms with Gasteiger partial charge in [0.05, 0.1) is 9.68 Å². The molecule has 0 aromatic rings. The average Bonchev–Trinajstić information content (AvgIpc) is 1.87. The Morgan fingerprint density at radius 2 is 2.00 bits per heavy atom. The Morgan fingerprint density at radius 3 is 2.33 bits per heavy atom. The molecule has 0 aliphatic heterocycles. The molecule has 0 spiro atoms. The number of rotatable bonds is 4. The highest BCUT2D eigenvalue weighted by Crippen LogP contribution is 2.17. The smallest absolute Gasteiger partial charge is 0.0944 e. The molecule has 0 saturated heterocycles. The maximum atomic E-state index is 3.32. The molecule has 0 aliphatic rings. The van der Waals surface area contributed by atoms with Gasteiger partial charge in [0.15, 0.2) is 0 Å². The molecule has 1 N–H and O–H groups in total. The van der Waals surface area contributed by atoms with Crippen molar-refractivity contribution >= 4 is 9.68 Å². The lowest BCUT2D eigenvalue weighted by molar-refractivity contribution is 0.537. The van der Waals surface area contributed by atoms with E-state index in [9.17, 15) is 0 Å². The van der Waals surface area contributed by atoms with Crippen LogP contribution in [0.4, 0.5) is 0 Å². The number of hydrogen-bond donors (Lipinski definition) is 1. The van der Waals surface area contributed by atoms with Crippen LogP contribution in [-0.4, -0.2) is 16.7 Å². The molecular weight excluding hydrogens is 126 g/mol. The molecule has 0 aromatic heterocycles. The van der Waals surface area contributed by atoms with Crippen LogP contribution in [0.2, 0.25) is 5.54 Å². The van der Waals surface area contributed by atoms with Crippen molar-refractivity contribution in [1.82, 2.24) is 4.98 Å². The van der Waals surface area contributed by atoms with Gasteiger partial charge in [-0.3, -0.25) is 0 Å². The van der Waals surface area contributed by atoms with Gasteiger partial charge < -0.3 is 4.98 Å². The van der Waals surface area contributed by atoms with E-state index in [0.717, 1.165) is 11.5 Å². The van der Waals surface area contributed by atoms with E-state index in [2.05, 4.69) is 32.8 Å². The Labute approximate surface area is 61.1 Å². The zero-order valence-corrected chi connectivity index (χ0v) is 8.48. The van der Waals surface area contributed by atoms with E-state index in [1.807, 2.05) is 0 Å². The lowest BCUT2D eigenvalue weighted by Crippen LogP contribution is -2.21. The first kappa shape index (κ1) is 9.18. The van der Waals surface area contributed by atoms with E-state index in [4.69, 9.17) is 0 Å². The molecule has 0 rings (SSSR count). The van der Waals surface area contributed by atoms with Gasteiger partial charge in [-0.15, -0.1) is 0 Å². The minimum Gasteiger partial charge on any atom is -0.345 e. The summed E-state index contributed by atoms with van der Waals surface area (Å²) in [5.74, 6) is 0.920. The molecule has 1 nitrogen and oxygen atoms in total. The minimum atomic E-state index is 0.0376. The van der Waals surface area contributed by atoms with Crippen molar-refractivity contribution < 1.29 is 0 Å². The fourth-order valence-electron chi connectivity index (χ4n) is 0.926. The van der Waals surface area contributed by atoms with Crippen molar-refractivity contribution in [2.75, 3.05) is 7.05 Å². The molecule has 2 atom stereocenters. The lowest BCUT2D eigenvalue weighted by Gasteiger charge is -2.16. The molecule has 0 aromatic carbocycles. The van der Waals surface area contributed by atoms with Gasteiger partial charge in [0, 0.05) is 0 Å². The molecule has 9 heavy (non-hydrogen) atoms. The number of nitrogens with one attached hydrogen (secondary N) is 1. The maximum Gasteiger partial charge on any atom is 0.0944 e. The van der Waals surface area contributed by atoms with Crippen LogP contribution in [0.15, 0.2) is 0 Å². The Morgan fingerprint density at radius 1 is 1.44 bits per heavy atom. The monoisotopic (exact) mass is 145 g/mol. The van der Waals surface area contributed by atoms with Crippen molar-refractivity contribution in [3.8, 4) is 0 Å². The lowest BCUT2D eigenvalue weighted by atomic mass is 10.1. The molecule has 0 amide bonds. The maximum absolute atomic E-state index is 3.32. The highest BCUT2D eigenvalue weighted by molar-refractivity contribution is 6.34. The van der Waals surface area contributed by atoms with E-state index in [1.54, 1.807) is 0 Å². The van der Waals surface area contributed by atoms with Gasteiger partial charge in [-0.05, 0) is 18.5 Å². The van der Waals surface area contributed by atoms with E-state index in [1.165, 1.54) is 6.42 Å². The van der Waals surface area contributed by atoms with Crippen molar-refractivity contribution in [3.05, 3.63) is 0 Å². The third-order valence-corrected chi connectivity index (χ3v) is 4.00. The second-order valence-electron chi connectivity index (χ2n) is 2.92.